The molecule has 1 heterocycles. The minimum Gasteiger partial charge on any atom is -0.461 e. The molecule has 0 N–H and O–H groups in total. The summed E-state index contributed by atoms with van der Waals surface area (Å²) in [5, 5.41) is 6.50. The number of carbonyl (C=O) groups is 1. The van der Waals surface area contributed by atoms with Gasteiger partial charge in [-0.2, -0.15) is 0 Å². The molecule has 0 fully saturated rings. The minimum absolute atomic E-state index is 0.0336. The van der Waals surface area contributed by atoms with E-state index in [9.17, 15) is 13.2 Å². The van der Waals surface area contributed by atoms with Gasteiger partial charge < -0.3 is 4.74 Å². The fraction of sp³-hybridized carbons (Fsp3) is 0.667. The van der Waals surface area contributed by atoms with Gasteiger partial charge in [0.1, 0.15) is 0 Å². The van der Waals surface area contributed by atoms with Crippen molar-refractivity contribution in [3.05, 3.63) is 5.01 Å². The van der Waals surface area contributed by atoms with Gasteiger partial charge in [-0.05, 0) is 20.3 Å². The molecule has 0 aromatic carbocycles. The second-order valence-electron chi connectivity index (χ2n) is 3.36. The van der Waals surface area contributed by atoms with Crippen molar-refractivity contribution in [2.75, 3.05) is 6.61 Å². The third-order valence-electron chi connectivity index (χ3n) is 2.20. The van der Waals surface area contributed by atoms with Crippen molar-refractivity contribution < 1.29 is 17.9 Å². The zero-order valence-corrected chi connectivity index (χ0v) is 11.5. The number of rotatable bonds is 5. The van der Waals surface area contributed by atoms with Crippen LogP contribution >= 0.6 is 11.3 Å². The molecule has 17 heavy (non-hydrogen) atoms. The molecule has 0 saturated heterocycles. The van der Waals surface area contributed by atoms with Gasteiger partial charge in [0.2, 0.25) is 19.2 Å². The van der Waals surface area contributed by atoms with Crippen molar-refractivity contribution in [3.63, 3.8) is 0 Å². The van der Waals surface area contributed by atoms with Gasteiger partial charge in [-0.1, -0.05) is 18.3 Å². The Hall–Kier alpha value is -1.02. The van der Waals surface area contributed by atoms with Crippen LogP contribution in [0.3, 0.4) is 0 Å². The molecule has 1 unspecified atom stereocenters. The number of esters is 1. The van der Waals surface area contributed by atoms with E-state index in [2.05, 4.69) is 10.2 Å². The average Bonchev–Trinajstić information content (AvgIpc) is 2.78. The molecule has 0 aliphatic carbocycles. The Kier molecular flexibility index (Phi) is 4.58. The first-order chi connectivity index (χ1) is 7.93. The molecule has 8 heteroatoms. The highest BCUT2D eigenvalue weighted by molar-refractivity contribution is 7.93. The molecule has 1 aromatic rings. The van der Waals surface area contributed by atoms with Crippen LogP contribution in [0.5, 0.6) is 0 Å². The standard InChI is InChI=1S/C9H14N2O4S2/c1-4-6(3)17(13,14)9-11-10-7(16-9)8(12)15-5-2/h6H,4-5H2,1-3H3. The summed E-state index contributed by atoms with van der Waals surface area (Å²) in [4.78, 5) is 11.3. The highest BCUT2D eigenvalue weighted by Crippen LogP contribution is 2.22. The minimum atomic E-state index is -3.48. The van der Waals surface area contributed by atoms with Gasteiger partial charge >= 0.3 is 5.97 Å². The summed E-state index contributed by atoms with van der Waals surface area (Å²) in [5.74, 6) is -0.643. The number of aromatic nitrogens is 2. The van der Waals surface area contributed by atoms with E-state index in [0.717, 1.165) is 11.3 Å². The van der Waals surface area contributed by atoms with Crippen LogP contribution in [-0.4, -0.2) is 36.4 Å². The second kappa shape index (κ2) is 5.54. The topological polar surface area (TPSA) is 86.2 Å². The van der Waals surface area contributed by atoms with Crippen molar-refractivity contribution in [1.29, 1.82) is 0 Å². The summed E-state index contributed by atoms with van der Waals surface area (Å²) in [6.45, 7) is 5.25. The first-order valence-electron chi connectivity index (χ1n) is 5.18. The van der Waals surface area contributed by atoms with Gasteiger partial charge in [-0.15, -0.1) is 10.2 Å². The van der Waals surface area contributed by atoms with E-state index in [1.807, 2.05) is 0 Å². The lowest BCUT2D eigenvalue weighted by Crippen LogP contribution is -2.16. The molecule has 0 amide bonds. The van der Waals surface area contributed by atoms with Crippen molar-refractivity contribution in [2.45, 2.75) is 36.8 Å². The molecular formula is C9H14N2O4S2. The molecule has 1 atom stereocenters. The number of sulfone groups is 1. The van der Waals surface area contributed by atoms with E-state index >= 15 is 0 Å². The smallest absolute Gasteiger partial charge is 0.369 e. The third-order valence-corrected chi connectivity index (χ3v) is 5.81. The third kappa shape index (κ3) is 3.01. The molecule has 0 aliphatic heterocycles. The van der Waals surface area contributed by atoms with Crippen LogP contribution in [0.25, 0.3) is 0 Å². The van der Waals surface area contributed by atoms with E-state index in [-0.39, 0.29) is 16.0 Å². The van der Waals surface area contributed by atoms with Crippen LogP contribution in [0.4, 0.5) is 0 Å². The number of hydrogen-bond donors (Lipinski definition) is 0. The molecule has 0 bridgehead atoms. The first kappa shape index (κ1) is 14.0. The zero-order valence-electron chi connectivity index (χ0n) is 9.84. The van der Waals surface area contributed by atoms with Gasteiger partial charge in [0.15, 0.2) is 0 Å². The van der Waals surface area contributed by atoms with E-state index in [0.29, 0.717) is 6.42 Å². The lowest BCUT2D eigenvalue weighted by atomic mass is 10.4. The molecule has 6 nitrogen and oxygen atoms in total. The van der Waals surface area contributed by atoms with Crippen molar-refractivity contribution >= 4 is 27.1 Å². The van der Waals surface area contributed by atoms with E-state index < -0.39 is 21.1 Å². The molecule has 1 rings (SSSR count). The maximum atomic E-state index is 11.9. The summed E-state index contributed by atoms with van der Waals surface area (Å²) in [7, 11) is -3.48. The van der Waals surface area contributed by atoms with E-state index in [4.69, 9.17) is 4.74 Å². The van der Waals surface area contributed by atoms with Crippen LogP contribution in [0.1, 0.15) is 37.0 Å². The largest absolute Gasteiger partial charge is 0.461 e. The molecule has 96 valence electrons. The van der Waals surface area contributed by atoms with Crippen LogP contribution < -0.4 is 0 Å². The Morgan fingerprint density at radius 2 is 2.06 bits per heavy atom. The fourth-order valence-corrected chi connectivity index (χ4v) is 3.59. The number of hydrogen-bond acceptors (Lipinski definition) is 7. The summed E-state index contributed by atoms with van der Waals surface area (Å²) in [6.07, 6.45) is 0.483. The van der Waals surface area contributed by atoms with Gasteiger partial charge in [0, 0.05) is 0 Å². The highest BCUT2D eigenvalue weighted by Gasteiger charge is 2.27. The quantitative estimate of drug-likeness (QED) is 0.754. The van der Waals surface area contributed by atoms with E-state index in [1.165, 1.54) is 0 Å². The lowest BCUT2D eigenvalue weighted by Gasteiger charge is -2.05. The number of carbonyl (C=O) groups excluding carboxylic acids is 1. The monoisotopic (exact) mass is 278 g/mol. The van der Waals surface area contributed by atoms with Crippen molar-refractivity contribution in [2.24, 2.45) is 0 Å². The van der Waals surface area contributed by atoms with Gasteiger partial charge in [0.25, 0.3) is 0 Å². The zero-order chi connectivity index (χ0) is 13.1. The Labute approximate surface area is 104 Å². The maximum absolute atomic E-state index is 11.9. The molecular weight excluding hydrogens is 264 g/mol. The Bertz CT molecular complexity index is 495. The molecule has 0 spiro atoms. The molecule has 0 saturated carbocycles. The average molecular weight is 278 g/mol. The van der Waals surface area contributed by atoms with Crippen LogP contribution in [0, 0.1) is 0 Å². The normalized spacial score (nSPS) is 13.4. The molecule has 1 aromatic heterocycles. The van der Waals surface area contributed by atoms with Crippen molar-refractivity contribution in [3.8, 4) is 0 Å². The Balaban J connectivity index is 2.99. The SMILES string of the molecule is CCOC(=O)c1nnc(S(=O)(=O)C(C)CC)s1. The van der Waals surface area contributed by atoms with Gasteiger partial charge in [0.05, 0.1) is 11.9 Å². The fourth-order valence-electron chi connectivity index (χ4n) is 0.992. The Morgan fingerprint density at radius 1 is 1.41 bits per heavy atom. The van der Waals surface area contributed by atoms with Gasteiger partial charge in [-0.25, -0.2) is 13.2 Å². The summed E-state index contributed by atoms with van der Waals surface area (Å²) in [6, 6.07) is 0. The number of nitrogens with zero attached hydrogens (tertiary/aromatic N) is 2. The predicted octanol–water partition coefficient (Wildman–Crippen LogP) is 1.29. The Morgan fingerprint density at radius 3 is 2.59 bits per heavy atom. The van der Waals surface area contributed by atoms with E-state index in [1.54, 1.807) is 20.8 Å². The van der Waals surface area contributed by atoms with Crippen molar-refractivity contribution in [1.82, 2.24) is 10.2 Å². The molecule has 0 radical (unpaired) electrons. The lowest BCUT2D eigenvalue weighted by molar-refractivity contribution is 0.0525. The highest BCUT2D eigenvalue weighted by atomic mass is 32.2. The van der Waals surface area contributed by atoms with Gasteiger partial charge in [-0.3, -0.25) is 0 Å². The summed E-state index contributed by atoms with van der Waals surface area (Å²) < 4.78 is 28.4. The maximum Gasteiger partial charge on any atom is 0.369 e. The predicted molar refractivity (Wildman–Crippen MR) is 62.8 cm³/mol. The van der Waals surface area contributed by atoms with Crippen LogP contribution in [0.2, 0.25) is 0 Å². The summed E-state index contributed by atoms with van der Waals surface area (Å²) >= 11 is 0.747. The van der Waals surface area contributed by atoms with Crippen LogP contribution in [-0.2, 0) is 14.6 Å². The second-order valence-corrected chi connectivity index (χ2v) is 6.87. The molecule has 0 aliphatic rings. The van der Waals surface area contributed by atoms with Crippen LogP contribution in [0.15, 0.2) is 4.34 Å². The summed E-state index contributed by atoms with van der Waals surface area (Å²) in [5.41, 5.74) is 0. The number of ether oxygens (including phenoxy) is 1. The first-order valence-corrected chi connectivity index (χ1v) is 7.54.